The molecule has 8 nitrogen and oxygen atoms in total. The van der Waals surface area contributed by atoms with E-state index in [2.05, 4.69) is 15.4 Å². The predicted octanol–water partition coefficient (Wildman–Crippen LogP) is 2.31. The van der Waals surface area contributed by atoms with Gasteiger partial charge in [0.1, 0.15) is 12.3 Å². The number of carbonyl (C=O) groups is 1. The van der Waals surface area contributed by atoms with E-state index in [0.29, 0.717) is 28.6 Å². The van der Waals surface area contributed by atoms with Gasteiger partial charge < -0.3 is 10.1 Å². The summed E-state index contributed by atoms with van der Waals surface area (Å²) in [5.74, 6) is 0.494. The van der Waals surface area contributed by atoms with Crippen LogP contribution in [0.1, 0.15) is 22.6 Å². The van der Waals surface area contributed by atoms with Crippen molar-refractivity contribution in [2.75, 3.05) is 12.4 Å². The molecule has 0 spiro atoms. The Hall–Kier alpha value is -3.42. The van der Waals surface area contributed by atoms with Gasteiger partial charge in [-0.2, -0.15) is 5.10 Å². The fraction of sp³-hybridized carbons (Fsp3) is 0.300. The Labute approximate surface area is 162 Å². The van der Waals surface area contributed by atoms with Crippen LogP contribution < -0.4 is 15.6 Å². The van der Waals surface area contributed by atoms with Gasteiger partial charge >= 0.3 is 0 Å². The molecular weight excluding hydrogens is 358 g/mol. The lowest BCUT2D eigenvalue weighted by molar-refractivity contribution is -0.116. The monoisotopic (exact) mass is 381 g/mol. The van der Waals surface area contributed by atoms with Crippen LogP contribution >= 0.6 is 0 Å². The lowest BCUT2D eigenvalue weighted by Crippen LogP contribution is -2.33. The van der Waals surface area contributed by atoms with Crippen LogP contribution in [0.4, 0.5) is 5.69 Å². The Morgan fingerprint density at radius 3 is 2.54 bits per heavy atom. The number of ether oxygens (including phenoxy) is 1. The van der Waals surface area contributed by atoms with Gasteiger partial charge in [0.2, 0.25) is 11.9 Å². The van der Waals surface area contributed by atoms with E-state index in [4.69, 9.17) is 4.74 Å². The van der Waals surface area contributed by atoms with Crippen LogP contribution in [0.25, 0.3) is 5.95 Å². The lowest BCUT2D eigenvalue weighted by Gasteiger charge is -2.16. The molecule has 1 amide bonds. The molecule has 0 saturated heterocycles. The summed E-state index contributed by atoms with van der Waals surface area (Å²) in [4.78, 5) is 30.1. The Morgan fingerprint density at radius 2 is 1.89 bits per heavy atom. The Bertz CT molecular complexity index is 1100. The van der Waals surface area contributed by atoms with Gasteiger partial charge in [-0.05, 0) is 45.9 Å². The third kappa shape index (κ3) is 3.66. The maximum Gasteiger partial charge on any atom is 0.258 e. The molecule has 0 radical (unpaired) electrons. The van der Waals surface area contributed by atoms with Gasteiger partial charge in [0.25, 0.3) is 5.56 Å². The summed E-state index contributed by atoms with van der Waals surface area (Å²) in [5.41, 5.74) is 2.99. The van der Waals surface area contributed by atoms with E-state index in [1.807, 2.05) is 26.0 Å². The average Bonchev–Trinajstić information content (AvgIpc) is 3.00. The minimum atomic E-state index is -0.362. The van der Waals surface area contributed by atoms with E-state index in [1.165, 1.54) is 11.7 Å². The number of aryl methyl sites for hydroxylation is 3. The van der Waals surface area contributed by atoms with E-state index in [9.17, 15) is 9.59 Å². The first-order chi connectivity index (χ1) is 13.3. The number of methoxy groups -OCH3 is 1. The van der Waals surface area contributed by atoms with Crippen LogP contribution in [0.2, 0.25) is 0 Å². The molecule has 146 valence electrons. The van der Waals surface area contributed by atoms with Crippen molar-refractivity contribution in [3.8, 4) is 11.7 Å². The molecule has 0 aliphatic carbocycles. The number of nitrogens with one attached hydrogen (secondary N) is 1. The maximum atomic E-state index is 12.9. The number of amides is 1. The van der Waals surface area contributed by atoms with E-state index in [1.54, 1.807) is 36.7 Å². The SMILES string of the molecule is COc1ccccc1NC(=O)Cn1c(-n2nc(C)cc2C)nc(C)c(C)c1=O. The molecule has 0 fully saturated rings. The molecule has 28 heavy (non-hydrogen) atoms. The Kier molecular flexibility index (Phi) is 5.30. The largest absolute Gasteiger partial charge is 0.495 e. The number of carbonyl (C=O) groups excluding carboxylic acids is 1. The quantitative estimate of drug-likeness (QED) is 0.732. The van der Waals surface area contributed by atoms with Gasteiger partial charge in [0.15, 0.2) is 0 Å². The van der Waals surface area contributed by atoms with Gasteiger partial charge in [0, 0.05) is 17.0 Å². The van der Waals surface area contributed by atoms with Crippen molar-refractivity contribution in [2.24, 2.45) is 0 Å². The van der Waals surface area contributed by atoms with Crippen molar-refractivity contribution < 1.29 is 9.53 Å². The number of hydrogen-bond acceptors (Lipinski definition) is 5. The van der Waals surface area contributed by atoms with Crippen LogP contribution in [0.15, 0.2) is 35.1 Å². The maximum absolute atomic E-state index is 12.9. The fourth-order valence-electron chi connectivity index (χ4n) is 2.96. The van der Waals surface area contributed by atoms with Gasteiger partial charge in [-0.1, -0.05) is 12.1 Å². The number of benzene rings is 1. The molecule has 2 heterocycles. The van der Waals surface area contributed by atoms with E-state index < -0.39 is 0 Å². The first-order valence-corrected chi connectivity index (χ1v) is 8.86. The summed E-state index contributed by atoms with van der Waals surface area (Å²) >= 11 is 0. The van der Waals surface area contributed by atoms with Crippen molar-refractivity contribution in [1.82, 2.24) is 19.3 Å². The Morgan fingerprint density at radius 1 is 1.18 bits per heavy atom. The van der Waals surface area contributed by atoms with Crippen LogP contribution in [0, 0.1) is 27.7 Å². The molecule has 1 N–H and O–H groups in total. The Balaban J connectivity index is 2.01. The van der Waals surface area contributed by atoms with Crippen LogP contribution in [-0.4, -0.2) is 32.3 Å². The highest BCUT2D eigenvalue weighted by molar-refractivity contribution is 5.92. The van der Waals surface area contributed by atoms with Gasteiger partial charge in [-0.25, -0.2) is 9.67 Å². The second kappa shape index (κ2) is 7.67. The van der Waals surface area contributed by atoms with Crippen molar-refractivity contribution in [3.05, 3.63) is 63.3 Å². The zero-order valence-electron chi connectivity index (χ0n) is 16.6. The summed E-state index contributed by atoms with van der Waals surface area (Å²) < 4.78 is 8.18. The minimum Gasteiger partial charge on any atom is -0.495 e. The minimum absolute atomic E-state index is 0.196. The zero-order valence-corrected chi connectivity index (χ0v) is 16.6. The van der Waals surface area contributed by atoms with Crippen molar-refractivity contribution in [1.29, 1.82) is 0 Å². The molecule has 1 aromatic carbocycles. The highest BCUT2D eigenvalue weighted by Gasteiger charge is 2.18. The first-order valence-electron chi connectivity index (χ1n) is 8.86. The third-order valence-electron chi connectivity index (χ3n) is 4.50. The van der Waals surface area contributed by atoms with Crippen molar-refractivity contribution in [2.45, 2.75) is 34.2 Å². The highest BCUT2D eigenvalue weighted by Crippen LogP contribution is 2.23. The molecule has 3 rings (SSSR count). The first kappa shape index (κ1) is 19.3. The molecule has 3 aromatic rings. The number of anilines is 1. The molecule has 0 aliphatic heterocycles. The van der Waals surface area contributed by atoms with E-state index in [0.717, 1.165) is 11.4 Å². The van der Waals surface area contributed by atoms with Crippen molar-refractivity contribution >= 4 is 11.6 Å². The van der Waals surface area contributed by atoms with Gasteiger partial charge in [-0.15, -0.1) is 0 Å². The molecule has 8 heteroatoms. The number of aromatic nitrogens is 4. The van der Waals surface area contributed by atoms with Crippen LogP contribution in [0.5, 0.6) is 5.75 Å². The molecule has 0 aliphatic rings. The summed E-state index contributed by atoms with van der Waals surface area (Å²) in [6.45, 7) is 7.01. The zero-order chi connectivity index (χ0) is 20.4. The van der Waals surface area contributed by atoms with Crippen molar-refractivity contribution in [3.63, 3.8) is 0 Å². The predicted molar refractivity (Wildman–Crippen MR) is 106 cm³/mol. The van der Waals surface area contributed by atoms with Gasteiger partial charge in [-0.3, -0.25) is 14.2 Å². The summed E-state index contributed by atoms with van der Waals surface area (Å²) in [5, 5.41) is 7.20. The third-order valence-corrected chi connectivity index (χ3v) is 4.50. The van der Waals surface area contributed by atoms with Gasteiger partial charge in [0.05, 0.1) is 18.5 Å². The number of para-hydroxylation sites is 2. The standard InChI is InChI=1S/C20H23N5O3/c1-12-10-13(2)25(23-12)20-21-15(4)14(3)19(27)24(20)11-18(26)22-16-8-6-7-9-17(16)28-5/h6-10H,11H2,1-5H3,(H,22,26). The summed E-state index contributed by atoms with van der Waals surface area (Å²) in [6, 6.07) is 8.98. The smallest absolute Gasteiger partial charge is 0.258 e. The molecule has 2 aromatic heterocycles. The van der Waals surface area contributed by atoms with E-state index >= 15 is 0 Å². The summed E-state index contributed by atoms with van der Waals surface area (Å²) in [7, 11) is 1.53. The second-order valence-electron chi connectivity index (χ2n) is 6.60. The summed E-state index contributed by atoms with van der Waals surface area (Å²) in [6.07, 6.45) is 0. The topological polar surface area (TPSA) is 91.0 Å². The fourth-order valence-corrected chi connectivity index (χ4v) is 2.96. The van der Waals surface area contributed by atoms with E-state index in [-0.39, 0.29) is 18.0 Å². The number of rotatable bonds is 5. The lowest BCUT2D eigenvalue weighted by atomic mass is 10.2. The van der Waals surface area contributed by atoms with Crippen LogP contribution in [-0.2, 0) is 11.3 Å². The molecule has 0 atom stereocenters. The average molecular weight is 381 g/mol. The number of hydrogen-bond donors (Lipinski definition) is 1. The second-order valence-corrected chi connectivity index (χ2v) is 6.60. The molecule has 0 bridgehead atoms. The molecular formula is C20H23N5O3. The highest BCUT2D eigenvalue weighted by atomic mass is 16.5. The van der Waals surface area contributed by atoms with Crippen LogP contribution in [0.3, 0.4) is 0 Å². The number of nitrogens with zero attached hydrogens (tertiary/aromatic N) is 4. The normalized spacial score (nSPS) is 10.8. The molecule has 0 saturated carbocycles. The molecule has 0 unspecified atom stereocenters.